The number of rotatable bonds is 4. The highest BCUT2D eigenvalue weighted by atomic mass is 127. The minimum atomic E-state index is -0.112. The molecule has 0 saturated heterocycles. The summed E-state index contributed by atoms with van der Waals surface area (Å²) in [5.74, 6) is -0.112. The first kappa shape index (κ1) is 16.1. The molecule has 0 fully saturated rings. The van der Waals surface area contributed by atoms with Gasteiger partial charge in [0.25, 0.3) is 5.91 Å². The minimum absolute atomic E-state index is 0.112. The molecular formula is C16H16ClIN2O. The van der Waals surface area contributed by atoms with Gasteiger partial charge < -0.3 is 10.2 Å². The fourth-order valence-electron chi connectivity index (χ4n) is 1.86. The second-order valence-corrected chi connectivity index (χ2v) is 6.47. The fourth-order valence-corrected chi connectivity index (χ4v) is 2.61. The van der Waals surface area contributed by atoms with Crippen LogP contribution in [-0.2, 0) is 6.54 Å². The van der Waals surface area contributed by atoms with Gasteiger partial charge in [0.15, 0.2) is 0 Å². The lowest BCUT2D eigenvalue weighted by molar-refractivity contribution is 0.0950. The average molecular weight is 415 g/mol. The third kappa shape index (κ3) is 4.35. The first-order chi connectivity index (χ1) is 9.97. The van der Waals surface area contributed by atoms with Gasteiger partial charge in [-0.2, -0.15) is 0 Å². The number of amides is 1. The Morgan fingerprint density at radius 1 is 1.19 bits per heavy atom. The predicted molar refractivity (Wildman–Crippen MR) is 96.1 cm³/mol. The number of hydrogen-bond donors (Lipinski definition) is 1. The maximum absolute atomic E-state index is 12.2. The van der Waals surface area contributed by atoms with Gasteiger partial charge in [0.2, 0.25) is 0 Å². The SMILES string of the molecule is CN(C)c1ccc(CNC(=O)c2cc(Cl)ccc2I)cc1. The molecule has 2 aromatic rings. The van der Waals surface area contributed by atoms with Crippen molar-refractivity contribution >= 4 is 45.8 Å². The molecule has 21 heavy (non-hydrogen) atoms. The van der Waals surface area contributed by atoms with Crippen molar-refractivity contribution < 1.29 is 4.79 Å². The Hall–Kier alpha value is -1.27. The third-order valence-corrected chi connectivity index (χ3v) is 4.25. The van der Waals surface area contributed by atoms with Crippen molar-refractivity contribution in [1.82, 2.24) is 5.32 Å². The van der Waals surface area contributed by atoms with Crippen molar-refractivity contribution in [2.45, 2.75) is 6.54 Å². The molecule has 0 atom stereocenters. The summed E-state index contributed by atoms with van der Waals surface area (Å²) in [5.41, 5.74) is 2.80. The highest BCUT2D eigenvalue weighted by Gasteiger charge is 2.10. The Bertz CT molecular complexity index is 641. The fraction of sp³-hybridized carbons (Fsp3) is 0.188. The third-order valence-electron chi connectivity index (χ3n) is 3.08. The molecule has 0 unspecified atom stereocenters. The van der Waals surface area contributed by atoms with Crippen LogP contribution in [0.1, 0.15) is 15.9 Å². The maximum Gasteiger partial charge on any atom is 0.252 e. The molecule has 0 aromatic heterocycles. The highest BCUT2D eigenvalue weighted by Crippen LogP contribution is 2.18. The quantitative estimate of drug-likeness (QED) is 0.769. The van der Waals surface area contributed by atoms with Crippen LogP contribution in [0.15, 0.2) is 42.5 Å². The molecule has 2 rings (SSSR count). The van der Waals surface area contributed by atoms with Crippen LogP contribution in [0.3, 0.4) is 0 Å². The molecule has 110 valence electrons. The van der Waals surface area contributed by atoms with Gasteiger partial charge in [0.05, 0.1) is 5.56 Å². The normalized spacial score (nSPS) is 10.3. The van der Waals surface area contributed by atoms with Crippen LogP contribution in [0, 0.1) is 3.57 Å². The lowest BCUT2D eigenvalue weighted by Gasteiger charge is -2.13. The summed E-state index contributed by atoms with van der Waals surface area (Å²) in [6.45, 7) is 0.495. The van der Waals surface area contributed by atoms with Crippen LogP contribution < -0.4 is 10.2 Å². The van der Waals surface area contributed by atoms with E-state index in [1.807, 2.05) is 49.3 Å². The van der Waals surface area contributed by atoms with Crippen LogP contribution in [0.2, 0.25) is 5.02 Å². The number of carbonyl (C=O) groups is 1. The molecule has 1 N–H and O–H groups in total. The van der Waals surface area contributed by atoms with E-state index >= 15 is 0 Å². The van der Waals surface area contributed by atoms with Crippen LogP contribution in [0.5, 0.6) is 0 Å². The molecule has 0 saturated carbocycles. The van der Waals surface area contributed by atoms with Crippen molar-refractivity contribution in [3.8, 4) is 0 Å². The number of benzene rings is 2. The lowest BCUT2D eigenvalue weighted by Crippen LogP contribution is -2.23. The van der Waals surface area contributed by atoms with E-state index in [1.54, 1.807) is 12.1 Å². The zero-order valence-corrected chi connectivity index (χ0v) is 14.8. The summed E-state index contributed by atoms with van der Waals surface area (Å²) < 4.78 is 0.887. The predicted octanol–water partition coefficient (Wildman–Crippen LogP) is 3.94. The van der Waals surface area contributed by atoms with E-state index in [9.17, 15) is 4.79 Å². The second-order valence-electron chi connectivity index (χ2n) is 4.87. The number of carbonyl (C=O) groups excluding carboxylic acids is 1. The summed E-state index contributed by atoms with van der Waals surface area (Å²) in [7, 11) is 4.00. The van der Waals surface area contributed by atoms with E-state index in [0.717, 1.165) is 14.8 Å². The van der Waals surface area contributed by atoms with Crippen LogP contribution in [0.4, 0.5) is 5.69 Å². The Morgan fingerprint density at radius 3 is 2.48 bits per heavy atom. The zero-order valence-electron chi connectivity index (χ0n) is 11.9. The van der Waals surface area contributed by atoms with Crippen molar-refractivity contribution in [2.75, 3.05) is 19.0 Å². The highest BCUT2D eigenvalue weighted by molar-refractivity contribution is 14.1. The smallest absolute Gasteiger partial charge is 0.252 e. The number of hydrogen-bond acceptors (Lipinski definition) is 2. The largest absolute Gasteiger partial charge is 0.378 e. The first-order valence-corrected chi connectivity index (χ1v) is 7.92. The van der Waals surface area contributed by atoms with Gasteiger partial charge >= 0.3 is 0 Å². The van der Waals surface area contributed by atoms with Gasteiger partial charge in [-0.1, -0.05) is 23.7 Å². The number of nitrogens with zero attached hydrogens (tertiary/aromatic N) is 1. The monoisotopic (exact) mass is 414 g/mol. The topological polar surface area (TPSA) is 32.3 Å². The Labute approximate surface area is 143 Å². The Morgan fingerprint density at radius 2 is 1.86 bits per heavy atom. The van der Waals surface area contributed by atoms with E-state index in [0.29, 0.717) is 17.1 Å². The van der Waals surface area contributed by atoms with E-state index < -0.39 is 0 Å². The van der Waals surface area contributed by atoms with E-state index in [1.165, 1.54) is 0 Å². The zero-order chi connectivity index (χ0) is 15.4. The molecule has 0 radical (unpaired) electrons. The van der Waals surface area contributed by atoms with Gasteiger partial charge in [-0.3, -0.25) is 4.79 Å². The second kappa shape index (κ2) is 7.13. The number of halogens is 2. The van der Waals surface area contributed by atoms with Gasteiger partial charge in [0.1, 0.15) is 0 Å². The van der Waals surface area contributed by atoms with E-state index in [2.05, 4.69) is 27.9 Å². The molecular weight excluding hydrogens is 399 g/mol. The summed E-state index contributed by atoms with van der Waals surface area (Å²) in [4.78, 5) is 14.2. The molecule has 0 aliphatic rings. The molecule has 0 aliphatic carbocycles. The van der Waals surface area contributed by atoms with E-state index in [-0.39, 0.29) is 5.91 Å². The summed E-state index contributed by atoms with van der Waals surface area (Å²) in [6, 6.07) is 13.4. The van der Waals surface area contributed by atoms with Gasteiger partial charge in [-0.25, -0.2) is 0 Å². The molecule has 0 aliphatic heterocycles. The molecule has 0 bridgehead atoms. The Kier molecular flexibility index (Phi) is 5.47. The first-order valence-electron chi connectivity index (χ1n) is 6.47. The summed E-state index contributed by atoms with van der Waals surface area (Å²) in [6.07, 6.45) is 0. The van der Waals surface area contributed by atoms with Gasteiger partial charge in [-0.15, -0.1) is 0 Å². The molecule has 2 aromatic carbocycles. The van der Waals surface area contributed by atoms with Crippen LogP contribution in [0.25, 0.3) is 0 Å². The van der Waals surface area contributed by atoms with Crippen molar-refractivity contribution in [3.63, 3.8) is 0 Å². The average Bonchev–Trinajstić information content (AvgIpc) is 2.47. The summed E-state index contributed by atoms with van der Waals surface area (Å²) in [5, 5.41) is 3.48. The van der Waals surface area contributed by atoms with Crippen molar-refractivity contribution in [2.24, 2.45) is 0 Å². The van der Waals surface area contributed by atoms with Gasteiger partial charge in [0, 0.05) is 34.9 Å². The minimum Gasteiger partial charge on any atom is -0.378 e. The molecule has 1 amide bonds. The van der Waals surface area contributed by atoms with Gasteiger partial charge in [-0.05, 0) is 58.5 Å². The van der Waals surface area contributed by atoms with Crippen molar-refractivity contribution in [3.05, 3.63) is 62.2 Å². The maximum atomic E-state index is 12.2. The molecule has 0 spiro atoms. The molecule has 3 nitrogen and oxygen atoms in total. The summed E-state index contributed by atoms with van der Waals surface area (Å²) >= 11 is 8.07. The standard InChI is InChI=1S/C16H16ClIN2O/c1-20(2)13-6-3-11(4-7-13)10-19-16(21)14-9-12(17)5-8-15(14)18/h3-9H,10H2,1-2H3,(H,19,21). The van der Waals surface area contributed by atoms with Crippen molar-refractivity contribution in [1.29, 1.82) is 0 Å². The van der Waals surface area contributed by atoms with Crippen LogP contribution >= 0.6 is 34.2 Å². The van der Waals surface area contributed by atoms with E-state index in [4.69, 9.17) is 11.6 Å². The lowest BCUT2D eigenvalue weighted by atomic mass is 10.1. The molecule has 0 heterocycles. The number of anilines is 1. The number of nitrogens with one attached hydrogen (secondary N) is 1. The van der Waals surface area contributed by atoms with Crippen LogP contribution in [-0.4, -0.2) is 20.0 Å². The molecule has 5 heteroatoms. The Balaban J connectivity index is 2.02.